The molecule has 0 saturated heterocycles. The van der Waals surface area contributed by atoms with E-state index >= 15 is 0 Å². The van der Waals surface area contributed by atoms with Crippen molar-refractivity contribution in [1.82, 2.24) is 5.32 Å². The monoisotopic (exact) mass is 357 g/mol. The summed E-state index contributed by atoms with van der Waals surface area (Å²) in [7, 11) is 4.93. The first-order valence-corrected chi connectivity index (χ1v) is 8.97. The summed E-state index contributed by atoms with van der Waals surface area (Å²) in [5, 5.41) is 13.2. The van der Waals surface area contributed by atoms with Crippen LogP contribution in [0.25, 0.3) is 11.1 Å². The van der Waals surface area contributed by atoms with Gasteiger partial charge in [0.15, 0.2) is 11.5 Å². The van der Waals surface area contributed by atoms with Crippen molar-refractivity contribution in [1.29, 1.82) is 0 Å². The predicted molar refractivity (Wildman–Crippen MR) is 102 cm³/mol. The molecule has 26 heavy (non-hydrogen) atoms. The molecule has 0 fully saturated rings. The lowest BCUT2D eigenvalue weighted by Crippen LogP contribution is -2.21. The molecule has 0 radical (unpaired) electrons. The molecule has 0 bridgehead atoms. The lowest BCUT2D eigenvalue weighted by Gasteiger charge is -2.21. The zero-order chi connectivity index (χ0) is 18.7. The lowest BCUT2D eigenvalue weighted by atomic mass is 9.92. The summed E-state index contributed by atoms with van der Waals surface area (Å²) in [5.74, 6) is 1.98. The molecule has 1 aliphatic carbocycles. The van der Waals surface area contributed by atoms with E-state index in [4.69, 9.17) is 14.2 Å². The predicted octanol–water partition coefficient (Wildman–Crippen LogP) is 3.47. The molecule has 140 valence electrons. The quantitative estimate of drug-likeness (QED) is 0.829. The molecule has 1 aliphatic rings. The minimum Gasteiger partial charge on any atom is -0.493 e. The maximum absolute atomic E-state index is 9.59. The third kappa shape index (κ3) is 3.13. The molecule has 2 N–H and O–H groups in total. The molecule has 0 unspecified atom stereocenters. The van der Waals surface area contributed by atoms with Crippen LogP contribution in [0, 0.1) is 0 Å². The van der Waals surface area contributed by atoms with E-state index < -0.39 is 0 Å². The van der Waals surface area contributed by atoms with E-state index in [-0.39, 0.29) is 12.6 Å². The second kappa shape index (κ2) is 7.98. The highest BCUT2D eigenvalue weighted by Crippen LogP contribution is 2.50. The Morgan fingerprint density at radius 2 is 1.85 bits per heavy atom. The summed E-state index contributed by atoms with van der Waals surface area (Å²) >= 11 is 0. The Morgan fingerprint density at radius 1 is 1.08 bits per heavy atom. The number of rotatable bonds is 6. The van der Waals surface area contributed by atoms with Crippen molar-refractivity contribution >= 4 is 0 Å². The van der Waals surface area contributed by atoms with E-state index in [0.717, 1.165) is 36.1 Å². The number of aliphatic hydroxyl groups is 1. The van der Waals surface area contributed by atoms with E-state index in [1.807, 2.05) is 6.07 Å². The van der Waals surface area contributed by atoms with Crippen LogP contribution in [0.5, 0.6) is 17.2 Å². The molecule has 5 heteroatoms. The number of ether oxygens (including phenoxy) is 3. The third-order valence-electron chi connectivity index (χ3n) is 5.01. The molecular formula is C21H27NO4. The van der Waals surface area contributed by atoms with Crippen molar-refractivity contribution in [2.75, 3.05) is 27.9 Å². The lowest BCUT2D eigenvalue weighted by molar-refractivity contribution is 0.281. The molecule has 5 nitrogen and oxygen atoms in total. The largest absolute Gasteiger partial charge is 0.493 e. The smallest absolute Gasteiger partial charge is 0.203 e. The summed E-state index contributed by atoms with van der Waals surface area (Å²) in [6, 6.07) is 8.40. The number of methoxy groups -OCH3 is 3. The fourth-order valence-electron chi connectivity index (χ4n) is 3.84. The van der Waals surface area contributed by atoms with Gasteiger partial charge in [-0.05, 0) is 47.7 Å². The van der Waals surface area contributed by atoms with E-state index in [9.17, 15) is 5.11 Å². The maximum Gasteiger partial charge on any atom is 0.203 e. The molecule has 0 saturated carbocycles. The molecule has 0 aliphatic heterocycles. The van der Waals surface area contributed by atoms with Crippen LogP contribution in [-0.2, 0) is 13.0 Å². The van der Waals surface area contributed by atoms with Crippen molar-refractivity contribution in [3.63, 3.8) is 0 Å². The molecule has 0 spiro atoms. The highest BCUT2D eigenvalue weighted by Gasteiger charge is 2.28. The van der Waals surface area contributed by atoms with Gasteiger partial charge in [0.1, 0.15) is 0 Å². The SMILES string of the molecule is CCN[C@H]1CCc2cc(OC)c(OC)c(OC)c2-c2ccc(CO)cc21. The summed E-state index contributed by atoms with van der Waals surface area (Å²) in [4.78, 5) is 0. The van der Waals surface area contributed by atoms with Gasteiger partial charge in [0.2, 0.25) is 5.75 Å². The number of hydrogen-bond acceptors (Lipinski definition) is 5. The molecule has 2 aromatic rings. The van der Waals surface area contributed by atoms with Crippen LogP contribution in [0.3, 0.4) is 0 Å². The van der Waals surface area contributed by atoms with E-state index in [1.54, 1.807) is 21.3 Å². The summed E-state index contributed by atoms with van der Waals surface area (Å²) < 4.78 is 16.9. The van der Waals surface area contributed by atoms with Gasteiger partial charge in [-0.1, -0.05) is 25.1 Å². The van der Waals surface area contributed by atoms with Crippen molar-refractivity contribution in [3.8, 4) is 28.4 Å². The first-order chi connectivity index (χ1) is 12.7. The minimum absolute atomic E-state index is 0.0298. The molecule has 0 amide bonds. The van der Waals surface area contributed by atoms with Crippen molar-refractivity contribution in [3.05, 3.63) is 41.0 Å². The van der Waals surface area contributed by atoms with Gasteiger partial charge in [0, 0.05) is 11.6 Å². The minimum atomic E-state index is 0.0298. The molecule has 3 rings (SSSR count). The topological polar surface area (TPSA) is 60.0 Å². The van der Waals surface area contributed by atoms with Crippen LogP contribution < -0.4 is 19.5 Å². The molecule has 0 heterocycles. The number of fused-ring (bicyclic) bond motifs is 3. The zero-order valence-electron chi connectivity index (χ0n) is 15.9. The Morgan fingerprint density at radius 3 is 2.46 bits per heavy atom. The Labute approximate surface area is 154 Å². The second-order valence-corrected chi connectivity index (χ2v) is 6.41. The van der Waals surface area contributed by atoms with Crippen LogP contribution in [0.4, 0.5) is 0 Å². The van der Waals surface area contributed by atoms with Crippen molar-refractivity contribution in [2.24, 2.45) is 0 Å². The fourth-order valence-corrected chi connectivity index (χ4v) is 3.84. The van der Waals surface area contributed by atoms with Gasteiger partial charge in [-0.3, -0.25) is 0 Å². The first-order valence-electron chi connectivity index (χ1n) is 8.97. The first kappa shape index (κ1) is 18.5. The Hall–Kier alpha value is -2.24. The third-order valence-corrected chi connectivity index (χ3v) is 5.01. The van der Waals surface area contributed by atoms with Crippen LogP contribution in [-0.4, -0.2) is 33.0 Å². The zero-order valence-corrected chi connectivity index (χ0v) is 15.9. The maximum atomic E-state index is 9.59. The second-order valence-electron chi connectivity index (χ2n) is 6.41. The van der Waals surface area contributed by atoms with Crippen LogP contribution >= 0.6 is 0 Å². The number of aliphatic hydroxyl groups excluding tert-OH is 1. The summed E-state index contributed by atoms with van der Waals surface area (Å²) in [6.45, 7) is 3.02. The van der Waals surface area contributed by atoms with Gasteiger partial charge in [0.25, 0.3) is 0 Å². The Bertz CT molecular complexity index is 788. The van der Waals surface area contributed by atoms with Gasteiger partial charge in [-0.25, -0.2) is 0 Å². The van der Waals surface area contributed by atoms with Crippen LogP contribution in [0.2, 0.25) is 0 Å². The normalized spacial score (nSPS) is 15.7. The standard InChI is InChI=1S/C21H27NO4/c1-5-22-17-9-7-14-11-18(24-2)20(25-3)21(26-4)19(14)15-8-6-13(12-23)10-16(15)17/h6,8,10-11,17,22-23H,5,7,9,12H2,1-4H3/t17-/m0/s1. The van der Waals surface area contributed by atoms with Crippen molar-refractivity contribution in [2.45, 2.75) is 32.4 Å². The molecule has 1 atom stereocenters. The van der Waals surface area contributed by atoms with Crippen molar-refractivity contribution < 1.29 is 19.3 Å². The van der Waals surface area contributed by atoms with Crippen LogP contribution in [0.15, 0.2) is 24.3 Å². The molecule has 0 aromatic heterocycles. The number of aryl methyl sites for hydroxylation is 1. The van der Waals surface area contributed by atoms with Gasteiger partial charge >= 0.3 is 0 Å². The number of hydrogen-bond donors (Lipinski definition) is 2. The van der Waals surface area contributed by atoms with Crippen LogP contribution in [0.1, 0.15) is 36.1 Å². The van der Waals surface area contributed by atoms with E-state index in [2.05, 4.69) is 30.4 Å². The molecular weight excluding hydrogens is 330 g/mol. The van der Waals surface area contributed by atoms with E-state index in [1.165, 1.54) is 11.1 Å². The Kier molecular flexibility index (Phi) is 5.69. The Balaban J connectivity index is 2.30. The molecule has 2 aromatic carbocycles. The summed E-state index contributed by atoms with van der Waals surface area (Å²) in [6.07, 6.45) is 1.86. The average Bonchev–Trinajstić information content (AvgIpc) is 2.83. The van der Waals surface area contributed by atoms with Gasteiger partial charge in [0.05, 0.1) is 27.9 Å². The van der Waals surface area contributed by atoms with E-state index in [0.29, 0.717) is 17.2 Å². The van der Waals surface area contributed by atoms with Gasteiger partial charge in [-0.2, -0.15) is 0 Å². The number of benzene rings is 2. The highest BCUT2D eigenvalue weighted by molar-refractivity contribution is 5.82. The average molecular weight is 357 g/mol. The fraction of sp³-hybridized carbons (Fsp3) is 0.429. The van der Waals surface area contributed by atoms with Gasteiger partial charge in [-0.15, -0.1) is 0 Å². The highest BCUT2D eigenvalue weighted by atomic mass is 16.5. The van der Waals surface area contributed by atoms with Gasteiger partial charge < -0.3 is 24.6 Å². The number of nitrogens with one attached hydrogen (secondary N) is 1. The summed E-state index contributed by atoms with van der Waals surface area (Å²) in [5.41, 5.74) is 5.43.